The average Bonchev–Trinajstić information content (AvgIpc) is 2.73. The van der Waals surface area contributed by atoms with E-state index in [-0.39, 0.29) is 17.1 Å². The molecule has 5 nitrogen and oxygen atoms in total. The van der Waals surface area contributed by atoms with Gasteiger partial charge in [-0.3, -0.25) is 0 Å². The van der Waals surface area contributed by atoms with Gasteiger partial charge in [0.2, 0.25) is 5.55 Å². The predicted molar refractivity (Wildman–Crippen MR) is 111 cm³/mol. The van der Waals surface area contributed by atoms with Gasteiger partial charge in [-0.1, -0.05) is 54.1 Å². The molecule has 146 valence electrons. The third-order valence-corrected chi connectivity index (χ3v) is 5.66. The van der Waals surface area contributed by atoms with Crippen LogP contribution in [0.5, 0.6) is 5.75 Å². The summed E-state index contributed by atoms with van der Waals surface area (Å²) < 4.78 is 41.2. The summed E-state index contributed by atoms with van der Waals surface area (Å²) in [5.74, 6) is 0.674. The molecule has 4 aromatic rings. The molecular formula is C23H19NO4S. The third kappa shape index (κ3) is 4.38. The largest absolute Gasteiger partial charge is 0.489 e. The number of benzene rings is 3. The van der Waals surface area contributed by atoms with Gasteiger partial charge in [0.25, 0.3) is 10.0 Å². The summed E-state index contributed by atoms with van der Waals surface area (Å²) in [6.07, 6.45) is 0. The molecule has 0 aliphatic rings. The molecule has 1 aromatic heterocycles. The van der Waals surface area contributed by atoms with Gasteiger partial charge in [-0.2, -0.15) is 8.42 Å². The first-order valence-corrected chi connectivity index (χ1v) is 10.5. The molecule has 6 heteroatoms. The highest BCUT2D eigenvalue weighted by Gasteiger charge is 2.14. The Balaban J connectivity index is 1.80. The first-order chi connectivity index (χ1) is 14.0. The highest BCUT2D eigenvalue weighted by molar-refractivity contribution is 7.90. The lowest BCUT2D eigenvalue weighted by Gasteiger charge is -2.08. The highest BCUT2D eigenvalue weighted by Crippen LogP contribution is 2.17. The maximum atomic E-state index is 12.8. The molecule has 4 rings (SSSR count). The van der Waals surface area contributed by atoms with Gasteiger partial charge in [0.15, 0.2) is 0 Å². The van der Waals surface area contributed by atoms with Crippen molar-refractivity contribution in [3.05, 3.63) is 102 Å². The lowest BCUT2D eigenvalue weighted by molar-refractivity contribution is 0.299. The van der Waals surface area contributed by atoms with Crippen LogP contribution in [-0.2, 0) is 16.6 Å². The van der Waals surface area contributed by atoms with E-state index in [1.54, 1.807) is 18.2 Å². The molecule has 0 saturated heterocycles. The molecule has 0 unspecified atom stereocenters. The van der Waals surface area contributed by atoms with Crippen LogP contribution in [0.4, 0.5) is 0 Å². The average molecular weight is 405 g/mol. The Hall–Kier alpha value is -3.38. The van der Waals surface area contributed by atoms with E-state index in [0.29, 0.717) is 16.9 Å². The number of rotatable bonds is 5. The fourth-order valence-corrected chi connectivity index (χ4v) is 3.80. The maximum absolute atomic E-state index is 12.8. The molecule has 0 fully saturated rings. The number of hydrogen-bond acceptors (Lipinski definition) is 4. The molecular weight excluding hydrogens is 386 g/mol. The van der Waals surface area contributed by atoms with Crippen molar-refractivity contribution in [2.24, 2.45) is 4.40 Å². The normalized spacial score (nSPS) is 12.2. The van der Waals surface area contributed by atoms with Gasteiger partial charge < -0.3 is 9.15 Å². The zero-order valence-corrected chi connectivity index (χ0v) is 16.6. The molecule has 0 saturated carbocycles. The lowest BCUT2D eigenvalue weighted by atomic mass is 10.2. The van der Waals surface area contributed by atoms with Crippen molar-refractivity contribution in [2.75, 3.05) is 0 Å². The van der Waals surface area contributed by atoms with Crippen molar-refractivity contribution < 1.29 is 17.6 Å². The monoisotopic (exact) mass is 405 g/mol. The minimum absolute atomic E-state index is 0.0141. The molecule has 3 aromatic carbocycles. The fraction of sp³-hybridized carbons (Fsp3) is 0.0870. The molecule has 0 spiro atoms. The van der Waals surface area contributed by atoms with E-state index in [1.165, 1.54) is 12.1 Å². The number of hydrogen-bond donors (Lipinski definition) is 0. The van der Waals surface area contributed by atoms with Crippen LogP contribution in [0, 0.1) is 6.92 Å². The van der Waals surface area contributed by atoms with Crippen LogP contribution in [-0.4, -0.2) is 8.42 Å². The molecule has 0 aliphatic heterocycles. The fourth-order valence-electron chi connectivity index (χ4n) is 2.84. The van der Waals surface area contributed by atoms with E-state index < -0.39 is 10.0 Å². The van der Waals surface area contributed by atoms with Gasteiger partial charge in [0.05, 0.1) is 10.5 Å². The second-order valence-electron chi connectivity index (χ2n) is 6.60. The first kappa shape index (κ1) is 19.0. The van der Waals surface area contributed by atoms with E-state index in [9.17, 15) is 8.42 Å². The van der Waals surface area contributed by atoms with Crippen molar-refractivity contribution >= 4 is 21.0 Å². The minimum atomic E-state index is -3.93. The molecule has 1 heterocycles. The zero-order valence-electron chi connectivity index (χ0n) is 15.8. The quantitative estimate of drug-likeness (QED) is 0.486. The van der Waals surface area contributed by atoms with Gasteiger partial charge in [-0.15, -0.1) is 4.40 Å². The molecule has 0 atom stereocenters. The second kappa shape index (κ2) is 7.93. The summed E-state index contributed by atoms with van der Waals surface area (Å²) in [5, 5.41) is 0.839. The SMILES string of the molecule is Cc1ccc(S(=O)(=O)/N=c2/oc3ccccc3cc2COc2ccccc2)cc1. The standard InChI is InChI=1S/C23H19NO4S/c1-17-11-13-21(14-12-17)29(25,26)24-23-19(16-27-20-8-3-2-4-9-20)15-18-7-5-6-10-22(18)28-23/h2-15H,16H2,1H3/b24-23+. The van der Waals surface area contributed by atoms with Gasteiger partial charge in [-0.05, 0) is 43.3 Å². The molecule has 0 N–H and O–H groups in total. The van der Waals surface area contributed by atoms with E-state index in [2.05, 4.69) is 4.40 Å². The topological polar surface area (TPSA) is 68.9 Å². The highest BCUT2D eigenvalue weighted by atomic mass is 32.2. The van der Waals surface area contributed by atoms with Gasteiger partial charge in [-0.25, -0.2) is 0 Å². The number of ether oxygens (including phenoxy) is 1. The summed E-state index contributed by atoms with van der Waals surface area (Å²) in [5.41, 5.74) is 2.08. The van der Waals surface area contributed by atoms with Crippen LogP contribution in [0.3, 0.4) is 0 Å². The molecule has 0 aliphatic carbocycles. The number of aryl methyl sites for hydroxylation is 1. The summed E-state index contributed by atoms with van der Waals surface area (Å²) in [6.45, 7) is 2.02. The predicted octanol–water partition coefficient (Wildman–Crippen LogP) is 4.61. The van der Waals surface area contributed by atoms with E-state index in [0.717, 1.165) is 10.9 Å². The van der Waals surface area contributed by atoms with Crippen LogP contribution in [0.1, 0.15) is 11.1 Å². The molecule has 0 radical (unpaired) electrons. The smallest absolute Gasteiger partial charge is 0.285 e. The Morgan fingerprint density at radius 3 is 2.34 bits per heavy atom. The number of sulfonamides is 1. The summed E-state index contributed by atoms with van der Waals surface area (Å²) >= 11 is 0. The summed E-state index contributed by atoms with van der Waals surface area (Å²) in [6, 6.07) is 25.1. The lowest BCUT2D eigenvalue weighted by Crippen LogP contribution is -2.15. The van der Waals surface area contributed by atoms with Crippen LogP contribution < -0.4 is 10.3 Å². The van der Waals surface area contributed by atoms with Gasteiger partial charge >= 0.3 is 0 Å². The van der Waals surface area contributed by atoms with Crippen molar-refractivity contribution in [1.29, 1.82) is 0 Å². The van der Waals surface area contributed by atoms with Crippen LogP contribution in [0.25, 0.3) is 11.0 Å². The number of nitrogens with zero attached hydrogens (tertiary/aromatic N) is 1. The van der Waals surface area contributed by atoms with Crippen molar-refractivity contribution in [3.8, 4) is 5.75 Å². The van der Waals surface area contributed by atoms with Crippen molar-refractivity contribution in [3.63, 3.8) is 0 Å². The zero-order chi connectivity index (χ0) is 20.3. The Bertz CT molecular complexity index is 1310. The van der Waals surface area contributed by atoms with Gasteiger partial charge in [0.1, 0.15) is 17.9 Å². The second-order valence-corrected chi connectivity index (χ2v) is 8.20. The third-order valence-electron chi connectivity index (χ3n) is 4.39. The van der Waals surface area contributed by atoms with Gasteiger partial charge in [0, 0.05) is 5.39 Å². The molecule has 0 amide bonds. The van der Waals surface area contributed by atoms with E-state index in [1.807, 2.05) is 61.5 Å². The van der Waals surface area contributed by atoms with E-state index in [4.69, 9.17) is 9.15 Å². The Morgan fingerprint density at radius 2 is 1.59 bits per heavy atom. The van der Waals surface area contributed by atoms with Crippen LogP contribution in [0.2, 0.25) is 0 Å². The van der Waals surface area contributed by atoms with Crippen LogP contribution >= 0.6 is 0 Å². The minimum Gasteiger partial charge on any atom is -0.489 e. The van der Waals surface area contributed by atoms with E-state index >= 15 is 0 Å². The Kier molecular flexibility index (Phi) is 5.18. The number of para-hydroxylation sites is 2. The molecule has 29 heavy (non-hydrogen) atoms. The maximum Gasteiger partial charge on any atom is 0.285 e. The number of fused-ring (bicyclic) bond motifs is 1. The molecule has 0 bridgehead atoms. The van der Waals surface area contributed by atoms with Crippen molar-refractivity contribution in [2.45, 2.75) is 18.4 Å². The Labute approximate surface area is 169 Å². The summed E-state index contributed by atoms with van der Waals surface area (Å²) in [7, 11) is -3.93. The Morgan fingerprint density at radius 1 is 0.897 bits per heavy atom. The van der Waals surface area contributed by atoms with Crippen molar-refractivity contribution in [1.82, 2.24) is 0 Å². The first-order valence-electron chi connectivity index (χ1n) is 9.08. The summed E-state index contributed by atoms with van der Waals surface area (Å²) in [4.78, 5) is 0.112. The van der Waals surface area contributed by atoms with Crippen LogP contribution in [0.15, 0.2) is 98.6 Å².